The van der Waals surface area contributed by atoms with Gasteiger partial charge in [0.25, 0.3) is 5.91 Å². The summed E-state index contributed by atoms with van der Waals surface area (Å²) < 4.78 is 40.8. The van der Waals surface area contributed by atoms with Crippen molar-refractivity contribution in [2.45, 2.75) is 25.1 Å². The minimum atomic E-state index is -4.84. The van der Waals surface area contributed by atoms with Crippen LogP contribution in [0.25, 0.3) is 0 Å². The summed E-state index contributed by atoms with van der Waals surface area (Å²) in [7, 11) is -4.84. The van der Waals surface area contributed by atoms with Crippen LogP contribution in [0, 0.1) is 0 Å². The molecule has 0 heterocycles. The number of nitrogens with zero attached hydrogens (tertiary/aromatic N) is 1. The Balaban J connectivity index is 1.70. The quantitative estimate of drug-likeness (QED) is 0.210. The molecule has 1 unspecified atom stereocenters. The number of benzene rings is 4. The zero-order valence-corrected chi connectivity index (χ0v) is 24.5. The molecule has 0 spiro atoms. The van der Waals surface area contributed by atoms with Crippen LogP contribution in [0.4, 0.5) is 14.4 Å². The predicted molar refractivity (Wildman–Crippen MR) is 165 cm³/mol. The summed E-state index contributed by atoms with van der Waals surface area (Å²) in [6.45, 7) is -0.525. The predicted octanol–water partition coefficient (Wildman–Crippen LogP) is 4.71. The molecule has 4 rings (SSSR count). The third kappa shape index (κ3) is 9.50. The molecule has 0 aliphatic carbocycles. The molecule has 2 atom stereocenters. The highest BCUT2D eigenvalue weighted by atomic mass is 32.3. The Labute approximate surface area is 255 Å². The number of alkyl carbamates (subject to hydrolysis) is 1. The topological polar surface area (TPSA) is 122 Å². The number of ether oxygens (including phenoxy) is 1. The zero-order chi connectivity index (χ0) is 31.4. The molecule has 44 heavy (non-hydrogen) atoms. The highest BCUT2D eigenvalue weighted by Gasteiger charge is 2.37. The highest BCUT2D eigenvalue weighted by molar-refractivity contribution is 7.86. The van der Waals surface area contributed by atoms with Gasteiger partial charge in [-0.2, -0.15) is 8.42 Å². The number of carbonyl (C=O) groups is 3. The minimum Gasteiger partial charge on any atom is -0.445 e. The number of rotatable bonds is 13. The number of amides is 3. The lowest BCUT2D eigenvalue weighted by atomic mass is 9.99. The van der Waals surface area contributed by atoms with Gasteiger partial charge in [0.2, 0.25) is 5.91 Å². The van der Waals surface area contributed by atoms with Crippen molar-refractivity contribution in [3.05, 3.63) is 138 Å². The van der Waals surface area contributed by atoms with E-state index in [9.17, 15) is 26.7 Å². The van der Waals surface area contributed by atoms with Gasteiger partial charge < -0.3 is 15.4 Å². The number of halogens is 1. The van der Waals surface area contributed by atoms with Crippen molar-refractivity contribution >= 4 is 33.8 Å². The number of carbonyl (C=O) groups excluding carboxylic acids is 3. The van der Waals surface area contributed by atoms with Crippen LogP contribution in [0.1, 0.15) is 22.7 Å². The number of hydrogen-bond donors (Lipinski definition) is 2. The molecule has 0 aliphatic rings. The van der Waals surface area contributed by atoms with Gasteiger partial charge in [-0.25, -0.2) is 4.79 Å². The van der Waals surface area contributed by atoms with Gasteiger partial charge in [0, 0.05) is 18.7 Å². The Kier molecular flexibility index (Phi) is 11.2. The van der Waals surface area contributed by atoms with E-state index in [2.05, 4.69) is 10.6 Å². The van der Waals surface area contributed by atoms with E-state index < -0.39 is 52.5 Å². The van der Waals surface area contributed by atoms with Crippen LogP contribution >= 0.6 is 0 Å². The highest BCUT2D eigenvalue weighted by Crippen LogP contribution is 2.29. The summed E-state index contributed by atoms with van der Waals surface area (Å²) in [6, 6.07) is 32.5. The molecule has 0 aliphatic heterocycles. The minimum absolute atomic E-state index is 0.0200. The fourth-order valence-electron chi connectivity index (χ4n) is 4.56. The van der Waals surface area contributed by atoms with Crippen molar-refractivity contribution in [1.82, 2.24) is 10.6 Å². The van der Waals surface area contributed by atoms with E-state index in [4.69, 9.17) is 4.74 Å². The van der Waals surface area contributed by atoms with Gasteiger partial charge >= 0.3 is 16.3 Å². The van der Waals surface area contributed by atoms with Crippen molar-refractivity contribution in [1.29, 1.82) is 0 Å². The van der Waals surface area contributed by atoms with Crippen LogP contribution in [0.3, 0.4) is 0 Å². The Hall–Kier alpha value is -5.03. The van der Waals surface area contributed by atoms with Gasteiger partial charge in [0.15, 0.2) is 0 Å². The third-order valence-electron chi connectivity index (χ3n) is 6.62. The number of hydrogen-bond acceptors (Lipinski definition) is 6. The van der Waals surface area contributed by atoms with Gasteiger partial charge in [-0.3, -0.25) is 14.5 Å². The molecule has 0 saturated heterocycles. The largest absolute Gasteiger partial charge is 0.445 e. The fourth-order valence-corrected chi connectivity index (χ4v) is 4.91. The lowest BCUT2D eigenvalue weighted by Gasteiger charge is -2.34. The van der Waals surface area contributed by atoms with Crippen molar-refractivity contribution < 1.29 is 31.4 Å². The molecular weight excluding hydrogens is 585 g/mol. The maximum atomic E-state index is 14.5. The summed E-state index contributed by atoms with van der Waals surface area (Å²) in [4.78, 5) is 42.5. The van der Waals surface area contributed by atoms with Gasteiger partial charge in [-0.1, -0.05) is 109 Å². The molecule has 4 aromatic carbocycles. The van der Waals surface area contributed by atoms with Crippen LogP contribution < -0.4 is 15.5 Å². The van der Waals surface area contributed by atoms with Gasteiger partial charge in [-0.15, -0.1) is 3.89 Å². The standard InChI is InChI=1S/C33H32FN3O6S/c34-44(41,42)22-21-35-31(38)30(27-17-9-3-10-18-27)37(28-19-11-4-12-20-28)32(39)29(23-25-13-5-1-6-14-25)36-33(40)43-24-26-15-7-2-8-16-26/h1-20,29-30H,21-24H2,(H,35,38)(H,36,40)/t29-,30?/m0/s1. The average molecular weight is 618 g/mol. The number of nitrogens with one attached hydrogen (secondary N) is 2. The van der Waals surface area contributed by atoms with Crippen LogP contribution in [-0.4, -0.2) is 44.7 Å². The van der Waals surface area contributed by atoms with Gasteiger partial charge in [-0.05, 0) is 28.8 Å². The summed E-state index contributed by atoms with van der Waals surface area (Å²) in [5, 5.41) is 5.13. The smallest absolute Gasteiger partial charge is 0.408 e. The normalized spacial score (nSPS) is 12.4. The van der Waals surface area contributed by atoms with Crippen molar-refractivity contribution in [3.63, 3.8) is 0 Å². The van der Waals surface area contributed by atoms with E-state index in [1.165, 1.54) is 4.90 Å². The first kappa shape index (κ1) is 31.9. The average Bonchev–Trinajstić information content (AvgIpc) is 3.03. The maximum Gasteiger partial charge on any atom is 0.408 e. The van der Waals surface area contributed by atoms with E-state index in [1.807, 2.05) is 36.4 Å². The van der Waals surface area contributed by atoms with E-state index >= 15 is 0 Å². The molecule has 228 valence electrons. The van der Waals surface area contributed by atoms with Crippen molar-refractivity contribution in [2.75, 3.05) is 17.2 Å². The number of para-hydroxylation sites is 1. The SMILES string of the molecule is O=C(N[C@@H](Cc1ccccc1)C(=O)N(c1ccccc1)C(C(=O)NCCS(=O)(=O)F)c1ccccc1)OCc1ccccc1. The third-order valence-corrected chi connectivity index (χ3v) is 7.32. The second-order valence-corrected chi connectivity index (χ2v) is 11.3. The van der Waals surface area contributed by atoms with E-state index in [0.29, 0.717) is 11.3 Å². The summed E-state index contributed by atoms with van der Waals surface area (Å²) in [6.07, 6.45) is -0.753. The molecule has 0 saturated carbocycles. The van der Waals surface area contributed by atoms with E-state index in [-0.39, 0.29) is 13.0 Å². The zero-order valence-electron chi connectivity index (χ0n) is 23.7. The Morgan fingerprint density at radius 1 is 0.750 bits per heavy atom. The second kappa shape index (κ2) is 15.4. The monoisotopic (exact) mass is 617 g/mol. The second-order valence-electron chi connectivity index (χ2n) is 9.84. The summed E-state index contributed by atoms with van der Waals surface area (Å²) in [5.74, 6) is -2.29. The Morgan fingerprint density at radius 2 is 1.27 bits per heavy atom. The molecular formula is C33H32FN3O6S. The fraction of sp³-hybridized carbons (Fsp3) is 0.182. The van der Waals surface area contributed by atoms with Gasteiger partial charge in [0.05, 0.1) is 5.75 Å². The molecule has 11 heteroatoms. The molecule has 0 radical (unpaired) electrons. The van der Waals surface area contributed by atoms with Crippen LogP contribution in [0.2, 0.25) is 0 Å². The first-order valence-corrected chi connectivity index (χ1v) is 15.4. The van der Waals surface area contributed by atoms with Gasteiger partial charge in [0.1, 0.15) is 18.7 Å². The van der Waals surface area contributed by atoms with Crippen LogP contribution in [-0.2, 0) is 37.6 Å². The number of anilines is 1. The van der Waals surface area contributed by atoms with Crippen molar-refractivity contribution in [3.8, 4) is 0 Å². The molecule has 4 aromatic rings. The Morgan fingerprint density at radius 3 is 1.84 bits per heavy atom. The van der Waals surface area contributed by atoms with Crippen LogP contribution in [0.5, 0.6) is 0 Å². The van der Waals surface area contributed by atoms with E-state index in [1.54, 1.807) is 84.9 Å². The first-order valence-electron chi connectivity index (χ1n) is 13.9. The summed E-state index contributed by atoms with van der Waals surface area (Å²) in [5.41, 5.74) is 2.26. The maximum absolute atomic E-state index is 14.5. The lowest BCUT2D eigenvalue weighted by Crippen LogP contribution is -2.53. The first-order chi connectivity index (χ1) is 21.2. The molecule has 0 fully saturated rings. The molecule has 0 aromatic heterocycles. The van der Waals surface area contributed by atoms with E-state index in [0.717, 1.165) is 11.1 Å². The van der Waals surface area contributed by atoms with Crippen LogP contribution in [0.15, 0.2) is 121 Å². The lowest BCUT2D eigenvalue weighted by molar-refractivity contribution is -0.127. The van der Waals surface area contributed by atoms with Crippen molar-refractivity contribution in [2.24, 2.45) is 0 Å². The Bertz CT molecular complexity index is 1630. The molecule has 9 nitrogen and oxygen atoms in total. The summed E-state index contributed by atoms with van der Waals surface area (Å²) >= 11 is 0. The molecule has 2 N–H and O–H groups in total. The molecule has 3 amide bonds. The molecule has 0 bridgehead atoms.